The maximum atomic E-state index is 13.5. The molecule has 0 aliphatic heterocycles. The molecule has 0 saturated heterocycles. The van der Waals surface area contributed by atoms with Crippen LogP contribution in [-0.2, 0) is 9.53 Å². The van der Waals surface area contributed by atoms with Gasteiger partial charge in [-0.05, 0) is 50.6 Å². The Hall–Kier alpha value is -2.92. The molecular formula is C24H26FNO3. The summed E-state index contributed by atoms with van der Waals surface area (Å²) in [7, 11) is 0. The zero-order valence-corrected chi connectivity index (χ0v) is 16.9. The average molecular weight is 395 g/mol. The molecule has 0 bridgehead atoms. The van der Waals surface area contributed by atoms with E-state index >= 15 is 0 Å². The molecule has 0 amide bonds. The normalized spacial score (nSPS) is 12.8. The summed E-state index contributed by atoms with van der Waals surface area (Å²) in [5.74, 6) is -0.726. The number of aliphatic hydroxyl groups excluding tert-OH is 1. The first-order chi connectivity index (χ1) is 13.9. The molecule has 1 aromatic heterocycles. The van der Waals surface area contributed by atoms with E-state index in [-0.39, 0.29) is 24.9 Å². The Morgan fingerprint density at radius 3 is 2.52 bits per heavy atom. The minimum absolute atomic E-state index is 0.0991. The van der Waals surface area contributed by atoms with E-state index in [1.54, 1.807) is 25.1 Å². The summed E-state index contributed by atoms with van der Waals surface area (Å²) in [6.45, 7) is 6.20. The van der Waals surface area contributed by atoms with E-state index in [4.69, 9.17) is 4.74 Å². The summed E-state index contributed by atoms with van der Waals surface area (Å²) >= 11 is 0. The number of nitrogens with zero attached hydrogens (tertiary/aromatic N) is 1. The van der Waals surface area contributed by atoms with E-state index in [1.165, 1.54) is 12.1 Å². The molecule has 3 rings (SSSR count). The second-order valence-corrected chi connectivity index (χ2v) is 7.18. The molecule has 0 fully saturated rings. The van der Waals surface area contributed by atoms with Gasteiger partial charge in [-0.15, -0.1) is 0 Å². The fourth-order valence-electron chi connectivity index (χ4n) is 3.58. The second-order valence-electron chi connectivity index (χ2n) is 7.18. The molecule has 0 aliphatic rings. The average Bonchev–Trinajstić information content (AvgIpc) is 3.01. The number of aliphatic hydroxyl groups is 1. The van der Waals surface area contributed by atoms with Crippen LogP contribution >= 0.6 is 0 Å². The SMILES string of the molecule is CCOC(=O)C[C@H](O)/C=C/c1c(-c2ccc(F)cc2)c2ccccc2n1C(C)C. The number of fused-ring (bicyclic) bond motifs is 1. The van der Waals surface area contributed by atoms with Crippen LogP contribution in [0, 0.1) is 5.82 Å². The number of rotatable bonds is 7. The van der Waals surface area contributed by atoms with Gasteiger partial charge in [0, 0.05) is 28.2 Å². The van der Waals surface area contributed by atoms with E-state index in [2.05, 4.69) is 24.5 Å². The minimum atomic E-state index is -0.950. The van der Waals surface area contributed by atoms with Crippen molar-refractivity contribution in [1.82, 2.24) is 4.57 Å². The Balaban J connectivity index is 2.12. The Morgan fingerprint density at radius 2 is 1.86 bits per heavy atom. The third-order valence-electron chi connectivity index (χ3n) is 4.76. The highest BCUT2D eigenvalue weighted by Gasteiger charge is 2.19. The van der Waals surface area contributed by atoms with Gasteiger partial charge >= 0.3 is 5.97 Å². The van der Waals surface area contributed by atoms with Crippen LogP contribution in [-0.4, -0.2) is 28.4 Å². The van der Waals surface area contributed by atoms with Crippen molar-refractivity contribution in [3.8, 4) is 11.1 Å². The molecule has 0 radical (unpaired) electrons. The molecule has 29 heavy (non-hydrogen) atoms. The van der Waals surface area contributed by atoms with E-state index < -0.39 is 12.1 Å². The number of carbonyl (C=O) groups is 1. The lowest BCUT2D eigenvalue weighted by Crippen LogP contribution is -2.13. The van der Waals surface area contributed by atoms with Gasteiger partial charge in [-0.3, -0.25) is 4.79 Å². The number of halogens is 1. The number of benzene rings is 2. The number of carbonyl (C=O) groups excluding carboxylic acids is 1. The molecule has 4 nitrogen and oxygen atoms in total. The lowest BCUT2D eigenvalue weighted by Gasteiger charge is -2.14. The third kappa shape index (κ3) is 4.57. The van der Waals surface area contributed by atoms with Crippen LogP contribution in [0.2, 0.25) is 0 Å². The predicted octanol–water partition coefficient (Wildman–Crippen LogP) is 5.36. The molecule has 0 unspecified atom stereocenters. The van der Waals surface area contributed by atoms with Crippen molar-refractivity contribution in [3.63, 3.8) is 0 Å². The molecule has 152 valence electrons. The monoisotopic (exact) mass is 395 g/mol. The highest BCUT2D eigenvalue weighted by Crippen LogP contribution is 2.37. The molecule has 1 heterocycles. The Kier molecular flexibility index (Phi) is 6.49. The number of aromatic nitrogens is 1. The minimum Gasteiger partial charge on any atom is -0.466 e. The zero-order chi connectivity index (χ0) is 21.0. The standard InChI is InChI=1S/C24H26FNO3/c1-4-29-23(28)15-19(27)13-14-22-24(17-9-11-18(25)12-10-17)20-7-5-6-8-21(20)26(22)16(2)3/h5-14,16,19,27H,4,15H2,1-3H3/b14-13+/t19-/m1/s1. The summed E-state index contributed by atoms with van der Waals surface area (Å²) in [4.78, 5) is 11.6. The van der Waals surface area contributed by atoms with Gasteiger partial charge in [0.2, 0.25) is 0 Å². The first-order valence-electron chi connectivity index (χ1n) is 9.83. The summed E-state index contributed by atoms with van der Waals surface area (Å²) in [6, 6.07) is 14.6. The molecule has 1 atom stereocenters. The molecule has 5 heteroatoms. The van der Waals surface area contributed by atoms with Crippen molar-refractivity contribution in [2.45, 2.75) is 39.3 Å². The number of hydrogen-bond acceptors (Lipinski definition) is 3. The zero-order valence-electron chi connectivity index (χ0n) is 16.9. The Bertz CT molecular complexity index is 1020. The number of esters is 1. The Morgan fingerprint density at radius 1 is 1.17 bits per heavy atom. The van der Waals surface area contributed by atoms with Crippen LogP contribution in [0.1, 0.15) is 38.9 Å². The van der Waals surface area contributed by atoms with Gasteiger partial charge in [0.05, 0.1) is 19.1 Å². The smallest absolute Gasteiger partial charge is 0.308 e. The molecule has 0 aliphatic carbocycles. The van der Waals surface area contributed by atoms with Crippen molar-refractivity contribution in [2.24, 2.45) is 0 Å². The maximum absolute atomic E-state index is 13.5. The molecule has 2 aromatic carbocycles. The summed E-state index contributed by atoms with van der Waals surface area (Å²) < 4.78 is 20.6. The van der Waals surface area contributed by atoms with Crippen molar-refractivity contribution >= 4 is 22.9 Å². The highest BCUT2D eigenvalue weighted by molar-refractivity contribution is 6.01. The molecule has 3 aromatic rings. The van der Waals surface area contributed by atoms with Crippen molar-refractivity contribution < 1.29 is 19.0 Å². The highest BCUT2D eigenvalue weighted by atomic mass is 19.1. The Labute approximate surface area is 170 Å². The van der Waals surface area contributed by atoms with Crippen LogP contribution in [0.15, 0.2) is 54.6 Å². The summed E-state index contributed by atoms with van der Waals surface area (Å²) in [5, 5.41) is 11.3. The van der Waals surface area contributed by atoms with Crippen molar-refractivity contribution in [3.05, 3.63) is 66.1 Å². The molecule has 0 saturated carbocycles. The van der Waals surface area contributed by atoms with Gasteiger partial charge in [0.15, 0.2) is 0 Å². The van der Waals surface area contributed by atoms with Crippen LogP contribution < -0.4 is 0 Å². The van der Waals surface area contributed by atoms with Gasteiger partial charge < -0.3 is 14.4 Å². The summed E-state index contributed by atoms with van der Waals surface area (Å²) in [6.07, 6.45) is 2.39. The first-order valence-corrected chi connectivity index (χ1v) is 9.83. The molecule has 1 N–H and O–H groups in total. The van der Waals surface area contributed by atoms with E-state index in [0.29, 0.717) is 0 Å². The van der Waals surface area contributed by atoms with Gasteiger partial charge in [-0.2, -0.15) is 0 Å². The summed E-state index contributed by atoms with van der Waals surface area (Å²) in [5.41, 5.74) is 3.81. The first kappa shape index (κ1) is 20.8. The van der Waals surface area contributed by atoms with Crippen LogP contribution in [0.3, 0.4) is 0 Å². The number of para-hydroxylation sites is 1. The van der Waals surface area contributed by atoms with Gasteiger partial charge in [0.25, 0.3) is 0 Å². The van der Waals surface area contributed by atoms with Crippen LogP contribution in [0.25, 0.3) is 28.1 Å². The number of hydrogen-bond donors (Lipinski definition) is 1. The lowest BCUT2D eigenvalue weighted by molar-refractivity contribution is -0.144. The van der Waals surface area contributed by atoms with Gasteiger partial charge in [-0.1, -0.05) is 36.4 Å². The van der Waals surface area contributed by atoms with E-state index in [9.17, 15) is 14.3 Å². The largest absolute Gasteiger partial charge is 0.466 e. The van der Waals surface area contributed by atoms with E-state index in [1.807, 2.05) is 24.3 Å². The lowest BCUT2D eigenvalue weighted by atomic mass is 10.0. The topological polar surface area (TPSA) is 51.5 Å². The second kappa shape index (κ2) is 9.05. The quantitative estimate of drug-likeness (QED) is 0.548. The predicted molar refractivity (Wildman–Crippen MR) is 114 cm³/mol. The fourth-order valence-corrected chi connectivity index (χ4v) is 3.58. The van der Waals surface area contributed by atoms with Crippen LogP contribution in [0.5, 0.6) is 0 Å². The molecule has 0 spiro atoms. The van der Waals surface area contributed by atoms with Gasteiger partial charge in [-0.25, -0.2) is 4.39 Å². The maximum Gasteiger partial charge on any atom is 0.308 e. The van der Waals surface area contributed by atoms with Crippen LogP contribution in [0.4, 0.5) is 4.39 Å². The fraction of sp³-hybridized carbons (Fsp3) is 0.292. The van der Waals surface area contributed by atoms with Crippen molar-refractivity contribution in [1.29, 1.82) is 0 Å². The van der Waals surface area contributed by atoms with Gasteiger partial charge in [0.1, 0.15) is 5.82 Å². The van der Waals surface area contributed by atoms with Crippen molar-refractivity contribution in [2.75, 3.05) is 6.61 Å². The number of ether oxygens (including phenoxy) is 1. The van der Waals surface area contributed by atoms with E-state index in [0.717, 1.165) is 27.7 Å². The third-order valence-corrected chi connectivity index (χ3v) is 4.76. The molecular weight excluding hydrogens is 369 g/mol.